The van der Waals surface area contributed by atoms with Crippen LogP contribution in [-0.4, -0.2) is 18.6 Å². The summed E-state index contributed by atoms with van der Waals surface area (Å²) in [5, 5.41) is 6.52. The van der Waals surface area contributed by atoms with E-state index in [1.165, 1.54) is 28.9 Å². The third-order valence-electron chi connectivity index (χ3n) is 3.19. The number of thiazole rings is 1. The maximum absolute atomic E-state index is 12.5. The van der Waals surface area contributed by atoms with Crippen molar-refractivity contribution in [2.75, 3.05) is 0 Å². The Morgan fingerprint density at radius 3 is 2.87 bits per heavy atom. The molecule has 3 aromatic heterocycles. The monoisotopic (exact) mass is 369 g/mol. The van der Waals surface area contributed by atoms with Crippen LogP contribution in [0.2, 0.25) is 0 Å². The number of hydrogen-bond acceptors (Lipinski definition) is 7. The van der Waals surface area contributed by atoms with E-state index >= 15 is 0 Å². The van der Waals surface area contributed by atoms with Crippen LogP contribution in [0, 0.1) is 6.92 Å². The van der Waals surface area contributed by atoms with Gasteiger partial charge in [0.05, 0.1) is 33.2 Å². The van der Waals surface area contributed by atoms with Gasteiger partial charge in [0, 0.05) is 16.3 Å². The van der Waals surface area contributed by atoms with Crippen molar-refractivity contribution in [2.24, 2.45) is 0 Å². The fraction of sp³-hybridized carbons (Fsp3) is 0.286. The molecule has 0 amide bonds. The molecule has 0 fully saturated rings. The summed E-state index contributed by atoms with van der Waals surface area (Å²) in [6, 6.07) is 3.32. The second kappa shape index (κ2) is 6.52. The molecule has 0 aliphatic heterocycles. The SMILES string of the molecule is CCc1nc(CNS(=O)(=O)c2cc(-c3ccno3)sc2C)cs1. The van der Waals surface area contributed by atoms with Crippen LogP contribution in [0.4, 0.5) is 0 Å². The van der Waals surface area contributed by atoms with Crippen LogP contribution in [0.3, 0.4) is 0 Å². The molecule has 3 rings (SSSR count). The van der Waals surface area contributed by atoms with Gasteiger partial charge in [0.15, 0.2) is 5.76 Å². The molecule has 0 atom stereocenters. The van der Waals surface area contributed by atoms with Crippen molar-refractivity contribution in [2.45, 2.75) is 31.7 Å². The smallest absolute Gasteiger partial charge is 0.242 e. The number of sulfonamides is 1. The molecule has 122 valence electrons. The summed E-state index contributed by atoms with van der Waals surface area (Å²) in [7, 11) is -3.59. The van der Waals surface area contributed by atoms with Crippen LogP contribution in [-0.2, 0) is 23.0 Å². The standard InChI is InChI=1S/C14H15N3O3S3/c1-3-14-17-10(8-21-14)7-16-23(18,19)13-6-12(22-9(13)2)11-4-5-15-20-11/h4-6,8,16H,3,7H2,1-2H3. The molecule has 23 heavy (non-hydrogen) atoms. The molecule has 9 heteroatoms. The summed E-state index contributed by atoms with van der Waals surface area (Å²) in [4.78, 5) is 6.07. The fourth-order valence-electron chi connectivity index (χ4n) is 2.04. The summed E-state index contributed by atoms with van der Waals surface area (Å²) in [5.74, 6) is 0.562. The molecule has 0 aliphatic carbocycles. The first-order valence-corrected chi connectivity index (χ1v) is 10.1. The van der Waals surface area contributed by atoms with E-state index in [4.69, 9.17) is 4.52 Å². The first-order chi connectivity index (χ1) is 11.0. The maximum atomic E-state index is 12.5. The molecule has 1 N–H and O–H groups in total. The molecule has 6 nitrogen and oxygen atoms in total. The van der Waals surface area contributed by atoms with E-state index < -0.39 is 10.0 Å². The van der Waals surface area contributed by atoms with E-state index in [9.17, 15) is 8.42 Å². The maximum Gasteiger partial charge on any atom is 0.242 e. The number of aryl methyl sites for hydroxylation is 2. The highest BCUT2D eigenvalue weighted by molar-refractivity contribution is 7.89. The number of nitrogens with one attached hydrogen (secondary N) is 1. The predicted octanol–water partition coefficient (Wildman–Crippen LogP) is 3.21. The molecule has 3 heterocycles. The highest BCUT2D eigenvalue weighted by Crippen LogP contribution is 2.33. The van der Waals surface area contributed by atoms with Crippen LogP contribution in [0.5, 0.6) is 0 Å². The van der Waals surface area contributed by atoms with E-state index in [2.05, 4.69) is 14.9 Å². The summed E-state index contributed by atoms with van der Waals surface area (Å²) in [5.41, 5.74) is 0.735. The Kier molecular flexibility index (Phi) is 4.62. The number of nitrogens with zero attached hydrogens (tertiary/aromatic N) is 2. The first-order valence-electron chi connectivity index (χ1n) is 6.94. The molecule has 0 spiro atoms. The average molecular weight is 369 g/mol. The van der Waals surface area contributed by atoms with Crippen molar-refractivity contribution in [1.82, 2.24) is 14.9 Å². The third kappa shape index (κ3) is 3.52. The van der Waals surface area contributed by atoms with Crippen LogP contribution >= 0.6 is 22.7 Å². The predicted molar refractivity (Wildman–Crippen MR) is 90.1 cm³/mol. The lowest BCUT2D eigenvalue weighted by Gasteiger charge is -2.04. The lowest BCUT2D eigenvalue weighted by molar-refractivity contribution is 0.433. The molecule has 0 saturated carbocycles. The highest BCUT2D eigenvalue weighted by atomic mass is 32.2. The van der Waals surface area contributed by atoms with Crippen LogP contribution in [0.15, 0.2) is 33.1 Å². The lowest BCUT2D eigenvalue weighted by atomic mass is 10.3. The molecule has 0 bridgehead atoms. The lowest BCUT2D eigenvalue weighted by Crippen LogP contribution is -2.23. The average Bonchev–Trinajstić information content (AvgIpc) is 3.25. The summed E-state index contributed by atoms with van der Waals surface area (Å²) in [6.07, 6.45) is 2.38. The molecule has 0 aromatic carbocycles. The van der Waals surface area contributed by atoms with Crippen LogP contribution in [0.25, 0.3) is 10.6 Å². The van der Waals surface area contributed by atoms with Crippen LogP contribution < -0.4 is 4.72 Å². The van der Waals surface area contributed by atoms with Crippen molar-refractivity contribution in [1.29, 1.82) is 0 Å². The van der Waals surface area contributed by atoms with Crippen molar-refractivity contribution in [3.63, 3.8) is 0 Å². The van der Waals surface area contributed by atoms with Crippen molar-refractivity contribution >= 4 is 32.7 Å². The Morgan fingerprint density at radius 2 is 2.22 bits per heavy atom. The summed E-state index contributed by atoms with van der Waals surface area (Å²) in [6.45, 7) is 3.98. The zero-order valence-corrected chi connectivity index (χ0v) is 15.0. The Bertz CT molecular complexity index is 895. The van der Waals surface area contributed by atoms with Gasteiger partial charge >= 0.3 is 0 Å². The van der Waals surface area contributed by atoms with Crippen molar-refractivity contribution < 1.29 is 12.9 Å². The minimum atomic E-state index is -3.59. The number of aromatic nitrogens is 2. The van der Waals surface area contributed by atoms with E-state index in [1.807, 2.05) is 12.3 Å². The van der Waals surface area contributed by atoms with Crippen molar-refractivity contribution in [3.8, 4) is 10.6 Å². The van der Waals surface area contributed by atoms with Gasteiger partial charge in [-0.1, -0.05) is 12.1 Å². The number of thiophene rings is 1. The zero-order valence-electron chi connectivity index (χ0n) is 12.6. The minimum Gasteiger partial charge on any atom is -0.355 e. The highest BCUT2D eigenvalue weighted by Gasteiger charge is 2.21. The van der Waals surface area contributed by atoms with Crippen molar-refractivity contribution in [3.05, 3.63) is 39.3 Å². The quantitative estimate of drug-likeness (QED) is 0.721. The largest absolute Gasteiger partial charge is 0.355 e. The van der Waals surface area contributed by atoms with Gasteiger partial charge in [-0.05, 0) is 19.4 Å². The fourth-order valence-corrected chi connectivity index (χ4v) is 5.33. The van der Waals surface area contributed by atoms with E-state index in [1.54, 1.807) is 19.1 Å². The Labute approximate surface area is 142 Å². The molecule has 0 radical (unpaired) electrons. The van der Waals surface area contributed by atoms with Gasteiger partial charge in [-0.15, -0.1) is 22.7 Å². The molecular weight excluding hydrogens is 354 g/mol. The minimum absolute atomic E-state index is 0.186. The van der Waals surface area contributed by atoms with Gasteiger partial charge in [0.1, 0.15) is 0 Å². The van der Waals surface area contributed by atoms with E-state index in [-0.39, 0.29) is 11.4 Å². The van der Waals surface area contributed by atoms with Crippen LogP contribution in [0.1, 0.15) is 22.5 Å². The van der Waals surface area contributed by atoms with Gasteiger partial charge in [0.2, 0.25) is 10.0 Å². The topological polar surface area (TPSA) is 85.1 Å². The summed E-state index contributed by atoms with van der Waals surface area (Å²) >= 11 is 2.90. The molecule has 0 saturated heterocycles. The van der Waals surface area contributed by atoms with Gasteiger partial charge in [-0.2, -0.15) is 0 Å². The second-order valence-electron chi connectivity index (χ2n) is 4.82. The van der Waals surface area contributed by atoms with E-state index in [0.29, 0.717) is 10.6 Å². The number of rotatable bonds is 6. The zero-order chi connectivity index (χ0) is 16.4. The normalized spacial score (nSPS) is 11.9. The number of hydrogen-bond donors (Lipinski definition) is 1. The van der Waals surface area contributed by atoms with Gasteiger partial charge < -0.3 is 4.52 Å². The Morgan fingerprint density at radius 1 is 1.39 bits per heavy atom. The Balaban J connectivity index is 1.79. The third-order valence-corrected chi connectivity index (χ3v) is 6.95. The first kappa shape index (κ1) is 16.3. The van der Waals surface area contributed by atoms with Gasteiger partial charge in [-0.25, -0.2) is 18.1 Å². The molecule has 3 aromatic rings. The summed E-state index contributed by atoms with van der Waals surface area (Å²) < 4.78 is 32.7. The van der Waals surface area contributed by atoms with Gasteiger partial charge in [-0.3, -0.25) is 0 Å². The Hall–Kier alpha value is -1.55. The van der Waals surface area contributed by atoms with E-state index in [0.717, 1.165) is 22.0 Å². The molecular formula is C14H15N3O3S3. The van der Waals surface area contributed by atoms with Gasteiger partial charge in [0.25, 0.3) is 0 Å². The molecule has 0 aliphatic rings. The second-order valence-corrected chi connectivity index (χ2v) is 8.75. The molecule has 0 unspecified atom stereocenters.